The number of benzene rings is 2. The summed E-state index contributed by atoms with van der Waals surface area (Å²) in [5, 5.41) is 6.15. The number of methoxy groups -OCH3 is 1. The van der Waals surface area contributed by atoms with Crippen LogP contribution in [0.4, 0.5) is 11.4 Å². The molecule has 2 aromatic rings. The van der Waals surface area contributed by atoms with Gasteiger partial charge in [0, 0.05) is 31.0 Å². The molecule has 0 atom stereocenters. The quantitative estimate of drug-likeness (QED) is 0.732. The van der Waals surface area contributed by atoms with Crippen LogP contribution in [0, 0.1) is 5.92 Å². The zero-order chi connectivity index (χ0) is 19.8. The van der Waals surface area contributed by atoms with E-state index in [4.69, 9.17) is 4.74 Å². The van der Waals surface area contributed by atoms with E-state index >= 15 is 0 Å². The largest absolute Gasteiger partial charge is 0.497 e. The first-order valence-corrected chi connectivity index (χ1v) is 10.1. The lowest BCUT2D eigenvalue weighted by Gasteiger charge is -2.32. The number of hydrogen-bond acceptors (Lipinski definition) is 4. The van der Waals surface area contributed by atoms with Gasteiger partial charge < -0.3 is 20.3 Å². The van der Waals surface area contributed by atoms with Crippen LogP contribution < -0.4 is 20.3 Å². The molecule has 1 aliphatic heterocycles. The fourth-order valence-electron chi connectivity index (χ4n) is 3.44. The molecule has 0 radical (unpaired) electrons. The van der Waals surface area contributed by atoms with Crippen molar-refractivity contribution in [2.24, 2.45) is 5.92 Å². The van der Waals surface area contributed by atoms with Gasteiger partial charge >= 0.3 is 0 Å². The number of nitrogens with zero attached hydrogens (tertiary/aromatic N) is 1. The number of anilines is 2. The first-order valence-electron chi connectivity index (χ1n) is 10.1. The zero-order valence-corrected chi connectivity index (χ0v) is 16.9. The van der Waals surface area contributed by atoms with E-state index in [1.54, 1.807) is 7.11 Å². The molecule has 0 spiro atoms. The minimum atomic E-state index is 0.00241. The summed E-state index contributed by atoms with van der Waals surface area (Å²) in [5.74, 6) is 1.68. The van der Waals surface area contributed by atoms with Crippen molar-refractivity contribution in [3.8, 4) is 5.75 Å². The second kappa shape index (κ2) is 10.0. The van der Waals surface area contributed by atoms with E-state index in [0.29, 0.717) is 6.54 Å². The molecule has 1 saturated heterocycles. The molecule has 150 valence electrons. The predicted octanol–water partition coefficient (Wildman–Crippen LogP) is 3.70. The minimum absolute atomic E-state index is 0.00241. The summed E-state index contributed by atoms with van der Waals surface area (Å²) < 4.78 is 5.15. The van der Waals surface area contributed by atoms with Gasteiger partial charge in [0.2, 0.25) is 5.91 Å². The molecule has 2 aromatic carbocycles. The van der Waals surface area contributed by atoms with Crippen molar-refractivity contribution in [1.29, 1.82) is 0 Å². The van der Waals surface area contributed by atoms with Gasteiger partial charge in [-0.2, -0.15) is 0 Å². The second-order valence-corrected chi connectivity index (χ2v) is 7.52. The fourth-order valence-corrected chi connectivity index (χ4v) is 3.44. The van der Waals surface area contributed by atoms with E-state index in [1.807, 2.05) is 24.3 Å². The number of hydrogen-bond donors (Lipinski definition) is 2. The Morgan fingerprint density at radius 2 is 1.75 bits per heavy atom. The normalized spacial score (nSPS) is 14.6. The highest BCUT2D eigenvalue weighted by atomic mass is 16.5. The number of carbonyl (C=O) groups excluding carboxylic acids is 1. The van der Waals surface area contributed by atoms with Gasteiger partial charge in [0.1, 0.15) is 5.75 Å². The van der Waals surface area contributed by atoms with Gasteiger partial charge in [-0.15, -0.1) is 0 Å². The van der Waals surface area contributed by atoms with Crippen LogP contribution in [-0.2, 0) is 11.2 Å². The molecule has 1 heterocycles. The van der Waals surface area contributed by atoms with Crippen molar-refractivity contribution in [3.63, 3.8) is 0 Å². The SMILES string of the molecule is COc1ccc(CCNC(=O)CNc2ccc(N3CCC(C)CC3)cc2)cc1. The Morgan fingerprint density at radius 3 is 2.39 bits per heavy atom. The lowest BCUT2D eigenvalue weighted by Crippen LogP contribution is -2.32. The molecular weight excluding hydrogens is 350 g/mol. The molecule has 2 N–H and O–H groups in total. The van der Waals surface area contributed by atoms with Crippen LogP contribution in [0.25, 0.3) is 0 Å². The van der Waals surface area contributed by atoms with Gasteiger partial charge in [-0.3, -0.25) is 4.79 Å². The van der Waals surface area contributed by atoms with Gasteiger partial charge in [0.05, 0.1) is 13.7 Å². The van der Waals surface area contributed by atoms with Gasteiger partial charge in [-0.25, -0.2) is 0 Å². The lowest BCUT2D eigenvalue weighted by atomic mass is 9.99. The molecule has 1 aliphatic rings. The average molecular weight is 382 g/mol. The second-order valence-electron chi connectivity index (χ2n) is 7.52. The van der Waals surface area contributed by atoms with E-state index in [2.05, 4.69) is 46.7 Å². The number of carbonyl (C=O) groups is 1. The Labute approximate surface area is 168 Å². The molecule has 0 bridgehead atoms. The summed E-state index contributed by atoms with van der Waals surface area (Å²) in [6.07, 6.45) is 3.33. The van der Waals surface area contributed by atoms with Crippen LogP contribution in [0.3, 0.4) is 0 Å². The Balaban J connectivity index is 1.37. The van der Waals surface area contributed by atoms with E-state index in [1.165, 1.54) is 24.1 Å². The number of rotatable bonds is 8. The number of amides is 1. The van der Waals surface area contributed by atoms with Gasteiger partial charge in [-0.05, 0) is 67.1 Å². The molecule has 3 rings (SSSR count). The monoisotopic (exact) mass is 381 g/mol. The summed E-state index contributed by atoms with van der Waals surface area (Å²) in [5.41, 5.74) is 3.41. The topological polar surface area (TPSA) is 53.6 Å². The molecule has 0 aliphatic carbocycles. The Hall–Kier alpha value is -2.69. The Bertz CT molecular complexity index is 735. The smallest absolute Gasteiger partial charge is 0.239 e. The summed E-state index contributed by atoms with van der Waals surface area (Å²) in [6.45, 7) is 5.49. The number of nitrogens with one attached hydrogen (secondary N) is 2. The summed E-state index contributed by atoms with van der Waals surface area (Å²) >= 11 is 0. The van der Waals surface area contributed by atoms with Crippen molar-refractivity contribution in [2.75, 3.05) is 43.5 Å². The molecular formula is C23H31N3O2. The third-order valence-corrected chi connectivity index (χ3v) is 5.36. The number of piperidine rings is 1. The van der Waals surface area contributed by atoms with Crippen LogP contribution in [0.2, 0.25) is 0 Å². The van der Waals surface area contributed by atoms with E-state index < -0.39 is 0 Å². The highest BCUT2D eigenvalue weighted by Gasteiger charge is 2.15. The predicted molar refractivity (Wildman–Crippen MR) is 115 cm³/mol. The van der Waals surface area contributed by atoms with Crippen molar-refractivity contribution in [2.45, 2.75) is 26.2 Å². The third kappa shape index (κ3) is 5.91. The van der Waals surface area contributed by atoms with Gasteiger partial charge in [-0.1, -0.05) is 19.1 Å². The molecule has 1 amide bonds. The van der Waals surface area contributed by atoms with E-state index in [0.717, 1.165) is 36.9 Å². The van der Waals surface area contributed by atoms with E-state index in [-0.39, 0.29) is 12.5 Å². The fraction of sp³-hybridized carbons (Fsp3) is 0.435. The maximum atomic E-state index is 12.1. The van der Waals surface area contributed by atoms with Crippen molar-refractivity contribution in [3.05, 3.63) is 54.1 Å². The average Bonchev–Trinajstić information content (AvgIpc) is 2.74. The maximum absolute atomic E-state index is 12.1. The zero-order valence-electron chi connectivity index (χ0n) is 16.9. The van der Waals surface area contributed by atoms with Crippen molar-refractivity contribution < 1.29 is 9.53 Å². The molecule has 5 nitrogen and oxygen atoms in total. The molecule has 5 heteroatoms. The summed E-state index contributed by atoms with van der Waals surface area (Å²) in [6, 6.07) is 16.3. The van der Waals surface area contributed by atoms with E-state index in [9.17, 15) is 4.79 Å². The lowest BCUT2D eigenvalue weighted by molar-refractivity contribution is -0.119. The molecule has 1 fully saturated rings. The minimum Gasteiger partial charge on any atom is -0.497 e. The first-order chi connectivity index (χ1) is 13.6. The molecule has 0 aromatic heterocycles. The highest BCUT2D eigenvalue weighted by Crippen LogP contribution is 2.24. The maximum Gasteiger partial charge on any atom is 0.239 e. The highest BCUT2D eigenvalue weighted by molar-refractivity contribution is 5.80. The summed E-state index contributed by atoms with van der Waals surface area (Å²) in [7, 11) is 1.66. The van der Waals surface area contributed by atoms with Crippen molar-refractivity contribution >= 4 is 17.3 Å². The van der Waals surface area contributed by atoms with Crippen LogP contribution in [0.5, 0.6) is 5.75 Å². The van der Waals surface area contributed by atoms with Gasteiger partial charge in [0.15, 0.2) is 0 Å². The standard InChI is InChI=1S/C23H31N3O2/c1-18-12-15-26(16-13-18)21-7-5-20(6-8-21)25-17-23(27)24-14-11-19-3-9-22(28-2)10-4-19/h3-10,18,25H,11-17H2,1-2H3,(H,24,27). The first kappa shape index (κ1) is 20.1. The Kier molecular flexibility index (Phi) is 7.18. The van der Waals surface area contributed by atoms with Crippen molar-refractivity contribution in [1.82, 2.24) is 5.32 Å². The Morgan fingerprint density at radius 1 is 1.07 bits per heavy atom. The van der Waals surface area contributed by atoms with Crippen LogP contribution in [0.15, 0.2) is 48.5 Å². The van der Waals surface area contributed by atoms with Crippen LogP contribution in [0.1, 0.15) is 25.3 Å². The number of ether oxygens (including phenoxy) is 1. The molecule has 0 unspecified atom stereocenters. The summed E-state index contributed by atoms with van der Waals surface area (Å²) in [4.78, 5) is 14.5. The molecule has 0 saturated carbocycles. The van der Waals surface area contributed by atoms with Gasteiger partial charge in [0.25, 0.3) is 0 Å². The van der Waals surface area contributed by atoms with Crippen LogP contribution in [-0.4, -0.2) is 39.2 Å². The third-order valence-electron chi connectivity index (χ3n) is 5.36. The van der Waals surface area contributed by atoms with Crippen LogP contribution >= 0.6 is 0 Å². The molecule has 28 heavy (non-hydrogen) atoms.